The van der Waals surface area contributed by atoms with Gasteiger partial charge in [-0.3, -0.25) is 0 Å². The van der Waals surface area contributed by atoms with Gasteiger partial charge in [0, 0.05) is 0 Å². The lowest BCUT2D eigenvalue weighted by Gasteiger charge is -2.45. The summed E-state index contributed by atoms with van der Waals surface area (Å²) in [5, 5.41) is 0. The minimum Gasteiger partial charge on any atom is -0.0625 e. The second-order valence-corrected chi connectivity index (χ2v) is 5.21. The zero-order valence-electron chi connectivity index (χ0n) is 8.06. The highest BCUT2D eigenvalue weighted by atomic mass is 14.6. The Kier molecular flexibility index (Phi) is 1.56. The molecule has 0 nitrogen and oxygen atoms in total. The molecular formula is C11H20. The Hall–Kier alpha value is 0. The molecule has 1 unspecified atom stereocenters. The van der Waals surface area contributed by atoms with Gasteiger partial charge in [-0.2, -0.15) is 0 Å². The number of hydrogen-bond acceptors (Lipinski definition) is 0. The molecule has 1 atom stereocenters. The van der Waals surface area contributed by atoms with E-state index in [1.165, 1.54) is 12.8 Å². The summed E-state index contributed by atoms with van der Waals surface area (Å²) in [6, 6.07) is 0. The summed E-state index contributed by atoms with van der Waals surface area (Å²) in [5.41, 5.74) is 0.818. The maximum Gasteiger partial charge on any atom is -0.0264 e. The van der Waals surface area contributed by atoms with Crippen LogP contribution in [0.3, 0.4) is 0 Å². The smallest absolute Gasteiger partial charge is 0.0264 e. The van der Waals surface area contributed by atoms with Crippen molar-refractivity contribution in [3.05, 3.63) is 0 Å². The first-order valence-electron chi connectivity index (χ1n) is 5.14. The Bertz CT molecular complexity index is 146. The Labute approximate surface area is 70.4 Å². The van der Waals surface area contributed by atoms with Gasteiger partial charge >= 0.3 is 0 Å². The van der Waals surface area contributed by atoms with Crippen molar-refractivity contribution in [2.24, 2.45) is 23.2 Å². The highest BCUT2D eigenvalue weighted by Gasteiger charge is 2.53. The predicted octanol–water partition coefficient (Wildman–Crippen LogP) is 3.47. The van der Waals surface area contributed by atoms with Gasteiger partial charge in [0.15, 0.2) is 0 Å². The Morgan fingerprint density at radius 2 is 1.82 bits per heavy atom. The molecule has 3 rings (SSSR count). The average molecular weight is 152 g/mol. The van der Waals surface area contributed by atoms with E-state index in [1.54, 1.807) is 12.8 Å². The molecule has 0 N–H and O–H groups in total. The van der Waals surface area contributed by atoms with Gasteiger partial charge in [-0.1, -0.05) is 20.8 Å². The van der Waals surface area contributed by atoms with Crippen LogP contribution in [-0.2, 0) is 0 Å². The lowest BCUT2D eigenvalue weighted by atomic mass is 9.60. The van der Waals surface area contributed by atoms with Crippen LogP contribution in [0.2, 0.25) is 0 Å². The van der Waals surface area contributed by atoms with Crippen LogP contribution in [0, 0.1) is 23.2 Å². The van der Waals surface area contributed by atoms with Crippen molar-refractivity contribution in [2.45, 2.75) is 46.5 Å². The van der Waals surface area contributed by atoms with E-state index in [9.17, 15) is 0 Å². The molecule has 11 heavy (non-hydrogen) atoms. The summed E-state index contributed by atoms with van der Waals surface area (Å²) in [7, 11) is 0. The van der Waals surface area contributed by atoms with Crippen LogP contribution in [0.4, 0.5) is 0 Å². The summed E-state index contributed by atoms with van der Waals surface area (Å²) < 4.78 is 0. The van der Waals surface area contributed by atoms with Crippen molar-refractivity contribution in [1.29, 1.82) is 0 Å². The fourth-order valence-corrected chi connectivity index (χ4v) is 3.30. The largest absolute Gasteiger partial charge is 0.0625 e. The van der Waals surface area contributed by atoms with E-state index < -0.39 is 0 Å². The third kappa shape index (κ3) is 0.947. The van der Waals surface area contributed by atoms with Crippen LogP contribution in [0.25, 0.3) is 0 Å². The Morgan fingerprint density at radius 3 is 2.18 bits per heavy atom. The van der Waals surface area contributed by atoms with Crippen LogP contribution in [-0.4, -0.2) is 0 Å². The highest BCUT2D eigenvalue weighted by Crippen LogP contribution is 2.63. The van der Waals surface area contributed by atoms with E-state index in [2.05, 4.69) is 20.8 Å². The second kappa shape index (κ2) is 2.24. The van der Waals surface area contributed by atoms with Crippen molar-refractivity contribution in [3.8, 4) is 0 Å². The van der Waals surface area contributed by atoms with Crippen molar-refractivity contribution in [1.82, 2.24) is 0 Å². The third-order valence-electron chi connectivity index (χ3n) is 4.41. The van der Waals surface area contributed by atoms with E-state index in [4.69, 9.17) is 0 Å². The van der Waals surface area contributed by atoms with Gasteiger partial charge in [-0.25, -0.2) is 0 Å². The molecule has 0 heteroatoms. The highest BCUT2D eigenvalue weighted by molar-refractivity contribution is 5.03. The van der Waals surface area contributed by atoms with E-state index in [-0.39, 0.29) is 0 Å². The van der Waals surface area contributed by atoms with Crippen LogP contribution in [0.5, 0.6) is 0 Å². The maximum absolute atomic E-state index is 2.46. The molecule has 0 aromatic heterocycles. The van der Waals surface area contributed by atoms with E-state index in [0.717, 1.165) is 23.2 Å². The lowest BCUT2D eigenvalue weighted by molar-refractivity contribution is 0.0451. The van der Waals surface area contributed by atoms with Crippen LogP contribution in [0.15, 0.2) is 0 Å². The molecule has 0 saturated heterocycles. The van der Waals surface area contributed by atoms with Gasteiger partial charge in [0.05, 0.1) is 0 Å². The first-order valence-corrected chi connectivity index (χ1v) is 5.14. The summed E-state index contributed by atoms with van der Waals surface area (Å²) in [5.74, 6) is 3.01. The summed E-state index contributed by atoms with van der Waals surface area (Å²) >= 11 is 0. The minimum atomic E-state index is 0.818. The van der Waals surface area contributed by atoms with Crippen molar-refractivity contribution in [3.63, 3.8) is 0 Å². The van der Waals surface area contributed by atoms with Gasteiger partial charge in [0.25, 0.3) is 0 Å². The van der Waals surface area contributed by atoms with Crippen LogP contribution < -0.4 is 0 Å². The maximum atomic E-state index is 2.46. The molecule has 0 radical (unpaired) electrons. The predicted molar refractivity (Wildman–Crippen MR) is 48.4 cm³/mol. The molecule has 3 aliphatic carbocycles. The van der Waals surface area contributed by atoms with Gasteiger partial charge in [-0.05, 0) is 48.9 Å². The fourth-order valence-electron chi connectivity index (χ4n) is 3.30. The molecule has 0 spiro atoms. The topological polar surface area (TPSA) is 0 Å². The molecule has 2 bridgehead atoms. The molecule has 3 saturated carbocycles. The molecule has 0 amide bonds. The van der Waals surface area contributed by atoms with Crippen molar-refractivity contribution < 1.29 is 0 Å². The van der Waals surface area contributed by atoms with E-state index in [1.807, 2.05) is 0 Å². The first-order chi connectivity index (χ1) is 5.14. The second-order valence-electron chi connectivity index (χ2n) is 5.21. The molecule has 0 aromatic carbocycles. The molecule has 0 aromatic rings. The Balaban J connectivity index is 2.04. The minimum absolute atomic E-state index is 0.818. The van der Waals surface area contributed by atoms with Crippen molar-refractivity contribution >= 4 is 0 Å². The van der Waals surface area contributed by atoms with Gasteiger partial charge in [0.1, 0.15) is 0 Å². The quantitative estimate of drug-likeness (QED) is 0.568. The zero-order chi connectivity index (χ0) is 8.06. The Morgan fingerprint density at radius 1 is 1.18 bits per heavy atom. The van der Waals surface area contributed by atoms with Crippen LogP contribution in [0.1, 0.15) is 46.5 Å². The number of rotatable bonds is 2. The molecule has 0 heterocycles. The average Bonchev–Trinajstić information content (AvgIpc) is 2.40. The summed E-state index contributed by atoms with van der Waals surface area (Å²) in [4.78, 5) is 0. The molecule has 3 fully saturated rings. The van der Waals surface area contributed by atoms with E-state index >= 15 is 0 Å². The van der Waals surface area contributed by atoms with Crippen LogP contribution >= 0.6 is 0 Å². The number of hydrogen-bond donors (Lipinski definition) is 0. The standard InChI is InChI=1S/C11H20/c1-8(2)9(3)11-5-4-10(6-11)7-11/h8-10H,4-7H2,1-3H3. The molecular weight excluding hydrogens is 132 g/mol. The lowest BCUT2D eigenvalue weighted by Crippen LogP contribution is -2.36. The molecule has 3 aliphatic rings. The molecule has 0 aliphatic heterocycles. The zero-order valence-corrected chi connectivity index (χ0v) is 8.06. The van der Waals surface area contributed by atoms with Gasteiger partial charge in [-0.15, -0.1) is 0 Å². The van der Waals surface area contributed by atoms with Crippen molar-refractivity contribution in [2.75, 3.05) is 0 Å². The SMILES string of the molecule is CC(C)C(C)C12CCC(C1)C2. The first kappa shape index (κ1) is 7.64. The van der Waals surface area contributed by atoms with Gasteiger partial charge < -0.3 is 0 Å². The monoisotopic (exact) mass is 152 g/mol. The molecule has 64 valence electrons. The normalized spacial score (nSPS) is 44.2. The third-order valence-corrected chi connectivity index (χ3v) is 4.41. The summed E-state index contributed by atoms with van der Waals surface area (Å²) in [6.07, 6.45) is 6.20. The van der Waals surface area contributed by atoms with Gasteiger partial charge in [0.2, 0.25) is 0 Å². The van der Waals surface area contributed by atoms with E-state index in [0.29, 0.717) is 0 Å². The summed E-state index contributed by atoms with van der Waals surface area (Å²) in [6.45, 7) is 7.22. The fraction of sp³-hybridized carbons (Fsp3) is 1.00. The number of fused-ring (bicyclic) bond motifs is 1.